The van der Waals surface area contributed by atoms with E-state index in [0.717, 1.165) is 18.4 Å². The molecular formula is C22H39LiO3S. The number of unbranched alkanes of at least 4 members (excludes halogenated alkanes) is 13. The van der Waals surface area contributed by atoms with Crippen LogP contribution in [-0.2, 0) is 16.5 Å². The van der Waals surface area contributed by atoms with Gasteiger partial charge in [0.05, 0.1) is 4.90 Å². The van der Waals surface area contributed by atoms with E-state index in [1.807, 2.05) is 6.07 Å². The fraction of sp³-hybridized carbons (Fsp3) is 0.727. The zero-order chi connectivity index (χ0) is 19.1. The molecule has 1 N–H and O–H groups in total. The molecule has 0 saturated carbocycles. The Morgan fingerprint density at radius 3 is 1.56 bits per heavy atom. The van der Waals surface area contributed by atoms with Crippen molar-refractivity contribution in [2.24, 2.45) is 0 Å². The van der Waals surface area contributed by atoms with Crippen LogP contribution in [0, 0.1) is 0 Å². The molecule has 0 spiro atoms. The first-order chi connectivity index (χ1) is 12.6. The molecule has 27 heavy (non-hydrogen) atoms. The Labute approximate surface area is 179 Å². The summed E-state index contributed by atoms with van der Waals surface area (Å²) in [5.74, 6) is 0. The van der Waals surface area contributed by atoms with Gasteiger partial charge in [-0.1, -0.05) is 109 Å². The van der Waals surface area contributed by atoms with Crippen LogP contribution in [0.5, 0.6) is 0 Å². The van der Waals surface area contributed by atoms with Gasteiger partial charge in [-0.3, -0.25) is 4.55 Å². The first-order valence-electron chi connectivity index (χ1n) is 10.6. The summed E-state index contributed by atoms with van der Waals surface area (Å²) in [5.41, 5.74) is 0.730. The zero-order valence-electron chi connectivity index (χ0n) is 16.6. The number of hydrogen-bond donors (Lipinski definition) is 1. The molecule has 0 fully saturated rings. The second-order valence-electron chi connectivity index (χ2n) is 7.43. The van der Waals surface area contributed by atoms with Gasteiger partial charge in [0.1, 0.15) is 0 Å². The quantitative estimate of drug-likeness (QED) is 0.204. The van der Waals surface area contributed by atoms with Crippen LogP contribution in [0.25, 0.3) is 0 Å². The summed E-state index contributed by atoms with van der Waals surface area (Å²) in [4.78, 5) is 0.0645. The monoisotopic (exact) mass is 390 g/mol. The molecule has 0 heterocycles. The Hall–Kier alpha value is -0.273. The summed E-state index contributed by atoms with van der Waals surface area (Å²) in [5, 5.41) is 0. The van der Waals surface area contributed by atoms with Gasteiger partial charge in [-0.15, -0.1) is 0 Å². The van der Waals surface area contributed by atoms with Gasteiger partial charge in [-0.2, -0.15) is 8.42 Å². The van der Waals surface area contributed by atoms with Crippen LogP contribution in [0.15, 0.2) is 29.2 Å². The first-order valence-corrected chi connectivity index (χ1v) is 12.0. The number of hydrogen-bond acceptors (Lipinski definition) is 2. The second kappa shape index (κ2) is 16.7. The average molecular weight is 391 g/mol. The molecule has 0 amide bonds. The molecule has 1 aromatic rings. The van der Waals surface area contributed by atoms with Gasteiger partial charge in [0, 0.05) is 0 Å². The van der Waals surface area contributed by atoms with Gasteiger partial charge in [0.2, 0.25) is 0 Å². The maximum atomic E-state index is 11.4. The van der Waals surface area contributed by atoms with Crippen LogP contribution < -0.4 is 0 Å². The molecule has 1 rings (SSSR count). The molecule has 3 nitrogen and oxygen atoms in total. The van der Waals surface area contributed by atoms with Crippen molar-refractivity contribution in [2.75, 3.05) is 0 Å². The van der Waals surface area contributed by atoms with Gasteiger partial charge >= 0.3 is 18.9 Å². The van der Waals surface area contributed by atoms with Crippen LogP contribution >= 0.6 is 0 Å². The first kappa shape index (κ1) is 26.7. The van der Waals surface area contributed by atoms with Crippen molar-refractivity contribution in [1.82, 2.24) is 0 Å². The van der Waals surface area contributed by atoms with Crippen molar-refractivity contribution >= 4 is 29.0 Å². The van der Waals surface area contributed by atoms with E-state index in [1.165, 1.54) is 83.1 Å². The third-order valence-electron chi connectivity index (χ3n) is 5.05. The fourth-order valence-electron chi connectivity index (χ4n) is 3.47. The Bertz CT molecular complexity index is 573. The van der Waals surface area contributed by atoms with Crippen LogP contribution in [0.4, 0.5) is 0 Å². The van der Waals surface area contributed by atoms with E-state index >= 15 is 0 Å². The van der Waals surface area contributed by atoms with Crippen LogP contribution in [0.3, 0.4) is 0 Å². The van der Waals surface area contributed by atoms with Crippen molar-refractivity contribution < 1.29 is 13.0 Å². The summed E-state index contributed by atoms with van der Waals surface area (Å²) in [6.07, 6.45) is 19.1. The molecule has 0 aromatic heterocycles. The van der Waals surface area contributed by atoms with Crippen molar-refractivity contribution in [3.05, 3.63) is 29.8 Å². The SMILES string of the molecule is CCCCCCCCCCCCCCCCc1ccccc1S(=O)(=O)O.[LiH]. The summed E-state index contributed by atoms with van der Waals surface area (Å²) >= 11 is 0. The summed E-state index contributed by atoms with van der Waals surface area (Å²) in [7, 11) is -4.10. The van der Waals surface area contributed by atoms with Crippen LogP contribution in [-0.4, -0.2) is 31.8 Å². The number of aryl methyl sites for hydroxylation is 1. The van der Waals surface area contributed by atoms with Gasteiger partial charge in [-0.05, 0) is 24.5 Å². The maximum absolute atomic E-state index is 11.4. The van der Waals surface area contributed by atoms with E-state index in [0.29, 0.717) is 6.42 Å². The Balaban J connectivity index is 0.00000676. The Morgan fingerprint density at radius 1 is 0.704 bits per heavy atom. The van der Waals surface area contributed by atoms with Crippen molar-refractivity contribution in [1.29, 1.82) is 0 Å². The molecule has 0 aliphatic rings. The topological polar surface area (TPSA) is 54.4 Å². The number of rotatable bonds is 16. The van der Waals surface area contributed by atoms with E-state index < -0.39 is 10.1 Å². The summed E-state index contributed by atoms with van der Waals surface area (Å²) < 4.78 is 32.0. The Morgan fingerprint density at radius 2 is 1.11 bits per heavy atom. The molecule has 1 aromatic carbocycles. The van der Waals surface area contributed by atoms with Gasteiger partial charge in [-0.25, -0.2) is 0 Å². The van der Waals surface area contributed by atoms with E-state index in [1.54, 1.807) is 12.1 Å². The molecule has 0 aliphatic heterocycles. The Kier molecular flexibility index (Phi) is 16.5. The molecule has 0 radical (unpaired) electrons. The average Bonchev–Trinajstić information content (AvgIpc) is 2.61. The zero-order valence-corrected chi connectivity index (χ0v) is 17.4. The van der Waals surface area contributed by atoms with E-state index in [9.17, 15) is 13.0 Å². The molecule has 152 valence electrons. The van der Waals surface area contributed by atoms with Gasteiger partial charge in [0.15, 0.2) is 0 Å². The van der Waals surface area contributed by atoms with Gasteiger partial charge in [0.25, 0.3) is 10.1 Å². The minimum absolute atomic E-state index is 0. The molecule has 5 heteroatoms. The summed E-state index contributed by atoms with van der Waals surface area (Å²) in [6.45, 7) is 2.26. The van der Waals surface area contributed by atoms with E-state index in [-0.39, 0.29) is 23.8 Å². The predicted molar refractivity (Wildman–Crippen MR) is 117 cm³/mol. The van der Waals surface area contributed by atoms with E-state index in [2.05, 4.69) is 6.92 Å². The van der Waals surface area contributed by atoms with Crippen LogP contribution in [0.1, 0.15) is 102 Å². The molecule has 0 aliphatic carbocycles. The minimum atomic E-state index is -4.10. The third kappa shape index (κ3) is 13.5. The number of benzene rings is 1. The normalized spacial score (nSPS) is 11.3. The molecule has 0 bridgehead atoms. The molecule has 0 unspecified atom stereocenters. The van der Waals surface area contributed by atoms with E-state index in [4.69, 9.17) is 0 Å². The van der Waals surface area contributed by atoms with Crippen molar-refractivity contribution in [3.63, 3.8) is 0 Å². The molecule has 0 saturated heterocycles. The second-order valence-corrected chi connectivity index (χ2v) is 8.82. The fourth-order valence-corrected chi connectivity index (χ4v) is 4.22. The van der Waals surface area contributed by atoms with Crippen molar-refractivity contribution in [2.45, 2.75) is 108 Å². The summed E-state index contributed by atoms with van der Waals surface area (Å²) in [6, 6.07) is 6.76. The van der Waals surface area contributed by atoms with Crippen molar-refractivity contribution in [3.8, 4) is 0 Å². The molecule has 0 atom stereocenters. The molecular weight excluding hydrogens is 351 g/mol. The van der Waals surface area contributed by atoms with Gasteiger partial charge < -0.3 is 0 Å². The predicted octanol–water partition coefficient (Wildman–Crippen LogP) is 6.31. The van der Waals surface area contributed by atoms with Crippen LogP contribution in [0.2, 0.25) is 0 Å². The standard InChI is InChI=1S/C22H38O3S.Li.H/c1-2-3-4-5-6-7-8-9-10-11-12-13-14-15-18-21-19-16-17-20-22(21)26(23,24)25;;/h16-17,19-20H,2-15,18H2,1H3,(H,23,24,25);;. The third-order valence-corrected chi connectivity index (χ3v) is 6.00.